The standard InChI is InChI=1S/C24H22N2O4/c1-3-16(2)23(28)26-18-11-14-22(27)21(15-18)24(29)25-17-9-12-20(13-10-17)30-19-7-5-4-6-8-19/h3-15,27H,1-2H3,(H,25,29)(H,26,28)/b16-3+. The molecular weight excluding hydrogens is 380 g/mol. The van der Waals surface area contributed by atoms with E-state index in [0.29, 0.717) is 28.4 Å². The van der Waals surface area contributed by atoms with Crippen LogP contribution in [-0.2, 0) is 4.79 Å². The number of amides is 2. The summed E-state index contributed by atoms with van der Waals surface area (Å²) in [6.07, 6.45) is 1.69. The van der Waals surface area contributed by atoms with Gasteiger partial charge in [-0.3, -0.25) is 9.59 Å². The highest BCUT2D eigenvalue weighted by Crippen LogP contribution is 2.25. The molecule has 3 N–H and O–H groups in total. The maximum absolute atomic E-state index is 12.6. The second-order valence-corrected chi connectivity index (χ2v) is 6.55. The van der Waals surface area contributed by atoms with Gasteiger partial charge < -0.3 is 20.5 Å². The summed E-state index contributed by atoms with van der Waals surface area (Å²) in [6.45, 7) is 3.45. The van der Waals surface area contributed by atoms with E-state index in [0.717, 1.165) is 0 Å². The molecule has 3 aromatic rings. The molecule has 0 radical (unpaired) electrons. The molecule has 0 aliphatic heterocycles. The van der Waals surface area contributed by atoms with Crippen molar-refractivity contribution >= 4 is 23.2 Å². The van der Waals surface area contributed by atoms with Gasteiger partial charge in [0.1, 0.15) is 17.2 Å². The maximum Gasteiger partial charge on any atom is 0.259 e. The van der Waals surface area contributed by atoms with Gasteiger partial charge in [0, 0.05) is 16.9 Å². The van der Waals surface area contributed by atoms with Crippen molar-refractivity contribution in [3.05, 3.63) is 90.0 Å². The van der Waals surface area contributed by atoms with Crippen LogP contribution in [0.5, 0.6) is 17.2 Å². The van der Waals surface area contributed by atoms with Gasteiger partial charge in [0.2, 0.25) is 0 Å². The van der Waals surface area contributed by atoms with E-state index in [4.69, 9.17) is 4.74 Å². The third kappa shape index (κ3) is 5.26. The SMILES string of the molecule is C/C=C(\C)C(=O)Nc1ccc(O)c(C(=O)Nc2ccc(Oc3ccccc3)cc2)c1. The second-order valence-electron chi connectivity index (χ2n) is 6.55. The number of rotatable bonds is 6. The van der Waals surface area contributed by atoms with Crippen LogP contribution in [0, 0.1) is 0 Å². The van der Waals surface area contributed by atoms with Crippen LogP contribution in [0.2, 0.25) is 0 Å². The zero-order chi connectivity index (χ0) is 21.5. The van der Waals surface area contributed by atoms with Gasteiger partial charge in [-0.15, -0.1) is 0 Å². The quantitative estimate of drug-likeness (QED) is 0.384. The number of aromatic hydroxyl groups is 1. The molecule has 0 bridgehead atoms. The lowest BCUT2D eigenvalue weighted by atomic mass is 10.1. The Morgan fingerprint density at radius 1 is 0.867 bits per heavy atom. The van der Waals surface area contributed by atoms with Crippen LogP contribution in [0.1, 0.15) is 24.2 Å². The molecule has 0 fully saturated rings. The van der Waals surface area contributed by atoms with E-state index in [9.17, 15) is 14.7 Å². The average Bonchev–Trinajstić information content (AvgIpc) is 2.76. The summed E-state index contributed by atoms with van der Waals surface area (Å²) < 4.78 is 5.73. The number of hydrogen-bond donors (Lipinski definition) is 3. The number of benzene rings is 3. The topological polar surface area (TPSA) is 87.7 Å². The molecule has 6 nitrogen and oxygen atoms in total. The molecule has 30 heavy (non-hydrogen) atoms. The molecule has 0 saturated heterocycles. The predicted octanol–water partition coefficient (Wildman–Crippen LogP) is 5.34. The van der Waals surface area contributed by atoms with Crippen molar-refractivity contribution in [1.29, 1.82) is 0 Å². The Balaban J connectivity index is 1.69. The molecule has 0 spiro atoms. The van der Waals surface area contributed by atoms with Crippen LogP contribution < -0.4 is 15.4 Å². The highest BCUT2D eigenvalue weighted by atomic mass is 16.5. The van der Waals surface area contributed by atoms with Gasteiger partial charge in [0.25, 0.3) is 11.8 Å². The van der Waals surface area contributed by atoms with Gasteiger partial charge in [-0.25, -0.2) is 0 Å². The summed E-state index contributed by atoms with van der Waals surface area (Å²) in [5.41, 5.74) is 1.55. The number of nitrogens with one attached hydrogen (secondary N) is 2. The Hall–Kier alpha value is -4.06. The average molecular weight is 402 g/mol. The third-order valence-corrected chi connectivity index (χ3v) is 4.38. The molecule has 2 amide bonds. The summed E-state index contributed by atoms with van der Waals surface area (Å²) in [5.74, 6) is 0.390. The number of anilines is 2. The molecule has 3 aromatic carbocycles. The Kier molecular flexibility index (Phi) is 6.49. The van der Waals surface area contributed by atoms with Gasteiger partial charge in [0.15, 0.2) is 0 Å². The number of phenols is 1. The number of ether oxygens (including phenoxy) is 1. The highest BCUT2D eigenvalue weighted by molar-refractivity contribution is 6.08. The van der Waals surface area contributed by atoms with E-state index in [-0.39, 0.29) is 17.2 Å². The smallest absolute Gasteiger partial charge is 0.259 e. The van der Waals surface area contributed by atoms with Crippen LogP contribution in [0.15, 0.2) is 84.4 Å². The van der Waals surface area contributed by atoms with Crippen LogP contribution in [0.3, 0.4) is 0 Å². The first-order valence-electron chi connectivity index (χ1n) is 9.38. The minimum atomic E-state index is -0.497. The molecule has 152 valence electrons. The lowest BCUT2D eigenvalue weighted by Gasteiger charge is -2.11. The van der Waals surface area contributed by atoms with Crippen molar-refractivity contribution in [3.63, 3.8) is 0 Å². The number of hydrogen-bond acceptors (Lipinski definition) is 4. The zero-order valence-electron chi connectivity index (χ0n) is 16.7. The first kappa shape index (κ1) is 20.7. The van der Waals surface area contributed by atoms with E-state index in [2.05, 4.69) is 10.6 Å². The monoisotopic (exact) mass is 402 g/mol. The summed E-state index contributed by atoms with van der Waals surface area (Å²) in [4.78, 5) is 24.6. The fourth-order valence-corrected chi connectivity index (χ4v) is 2.59. The number of phenolic OH excluding ortho intramolecular Hbond substituents is 1. The number of para-hydroxylation sites is 1. The minimum absolute atomic E-state index is 0.0514. The molecule has 3 rings (SSSR count). The van der Waals surface area contributed by atoms with Crippen LogP contribution >= 0.6 is 0 Å². The number of allylic oxidation sites excluding steroid dienone is 1. The normalized spacial score (nSPS) is 10.9. The lowest BCUT2D eigenvalue weighted by molar-refractivity contribution is -0.112. The van der Waals surface area contributed by atoms with Crippen LogP contribution in [0.4, 0.5) is 11.4 Å². The summed E-state index contributed by atoms with van der Waals surface area (Å²) in [7, 11) is 0. The maximum atomic E-state index is 12.6. The summed E-state index contributed by atoms with van der Waals surface area (Å²) in [6, 6.07) is 20.6. The van der Waals surface area contributed by atoms with Gasteiger partial charge >= 0.3 is 0 Å². The van der Waals surface area contributed by atoms with E-state index in [1.54, 1.807) is 44.2 Å². The second kappa shape index (κ2) is 9.43. The molecule has 0 unspecified atom stereocenters. The minimum Gasteiger partial charge on any atom is -0.507 e. The summed E-state index contributed by atoms with van der Waals surface area (Å²) >= 11 is 0. The lowest BCUT2D eigenvalue weighted by Crippen LogP contribution is -2.15. The highest BCUT2D eigenvalue weighted by Gasteiger charge is 2.14. The van der Waals surface area contributed by atoms with Gasteiger partial charge in [0.05, 0.1) is 5.56 Å². The Bertz CT molecular complexity index is 1070. The molecule has 0 saturated carbocycles. The Morgan fingerprint density at radius 3 is 2.17 bits per heavy atom. The number of carbonyl (C=O) groups is 2. The largest absolute Gasteiger partial charge is 0.507 e. The van der Waals surface area contributed by atoms with E-state index in [1.165, 1.54) is 18.2 Å². The molecule has 0 aliphatic rings. The van der Waals surface area contributed by atoms with Crippen LogP contribution in [-0.4, -0.2) is 16.9 Å². The van der Waals surface area contributed by atoms with Crippen molar-refractivity contribution in [3.8, 4) is 17.2 Å². The summed E-state index contributed by atoms with van der Waals surface area (Å²) in [5, 5.41) is 15.5. The van der Waals surface area contributed by atoms with Gasteiger partial charge in [-0.1, -0.05) is 24.3 Å². The molecule has 0 atom stereocenters. The molecule has 0 aromatic heterocycles. The van der Waals surface area contributed by atoms with Crippen molar-refractivity contribution in [2.24, 2.45) is 0 Å². The van der Waals surface area contributed by atoms with Gasteiger partial charge in [-0.2, -0.15) is 0 Å². The van der Waals surface area contributed by atoms with Crippen molar-refractivity contribution in [2.75, 3.05) is 10.6 Å². The van der Waals surface area contributed by atoms with E-state index >= 15 is 0 Å². The van der Waals surface area contributed by atoms with Gasteiger partial charge in [-0.05, 0) is 68.4 Å². The fourth-order valence-electron chi connectivity index (χ4n) is 2.59. The molecular formula is C24H22N2O4. The predicted molar refractivity (Wildman–Crippen MR) is 117 cm³/mol. The zero-order valence-corrected chi connectivity index (χ0v) is 16.7. The molecule has 0 heterocycles. The fraction of sp³-hybridized carbons (Fsp3) is 0.0833. The van der Waals surface area contributed by atoms with Crippen molar-refractivity contribution < 1.29 is 19.4 Å². The Labute approximate surface area is 174 Å². The number of carbonyl (C=O) groups excluding carboxylic acids is 2. The van der Waals surface area contributed by atoms with E-state index in [1.807, 2.05) is 30.3 Å². The first-order chi connectivity index (χ1) is 14.5. The first-order valence-corrected chi connectivity index (χ1v) is 9.38. The molecule has 0 aliphatic carbocycles. The third-order valence-electron chi connectivity index (χ3n) is 4.38. The Morgan fingerprint density at radius 2 is 1.50 bits per heavy atom. The molecule has 6 heteroatoms. The van der Waals surface area contributed by atoms with Crippen LogP contribution in [0.25, 0.3) is 0 Å². The van der Waals surface area contributed by atoms with Crippen molar-refractivity contribution in [1.82, 2.24) is 0 Å². The van der Waals surface area contributed by atoms with E-state index < -0.39 is 5.91 Å². The van der Waals surface area contributed by atoms with Crippen molar-refractivity contribution in [2.45, 2.75) is 13.8 Å².